The van der Waals surface area contributed by atoms with E-state index in [9.17, 15) is 10.1 Å². The van der Waals surface area contributed by atoms with E-state index in [4.69, 9.17) is 0 Å². The Kier molecular flexibility index (Phi) is 5.37. The molecule has 1 N–H and O–H groups in total. The number of thiophene rings is 1. The lowest BCUT2D eigenvalue weighted by Gasteiger charge is -2.22. The van der Waals surface area contributed by atoms with E-state index in [1.165, 1.54) is 10.4 Å². The summed E-state index contributed by atoms with van der Waals surface area (Å²) in [4.78, 5) is 13.2. The molecule has 124 valence electrons. The minimum absolute atomic E-state index is 0.0767. The van der Waals surface area contributed by atoms with Crippen LogP contribution in [0.25, 0.3) is 0 Å². The van der Waals surface area contributed by atoms with Gasteiger partial charge in [-0.3, -0.25) is 4.79 Å². The fraction of sp³-hybridized carbons (Fsp3) is 0.368. The number of hydrogen-bond donors (Lipinski definition) is 1. The lowest BCUT2D eigenvalue weighted by Crippen LogP contribution is -2.21. The molecule has 1 aliphatic carbocycles. The maximum Gasteiger partial charge on any atom is 0.238 e. The van der Waals surface area contributed by atoms with Gasteiger partial charge in [0, 0.05) is 4.88 Å². The Bertz CT molecular complexity index is 779. The Hall–Kier alpha value is -1.64. The molecule has 3 nitrogen and oxygen atoms in total. The third-order valence-corrected chi connectivity index (χ3v) is 6.76. The number of alkyl halides is 1. The molecule has 0 fully saturated rings. The summed E-state index contributed by atoms with van der Waals surface area (Å²) in [5.74, 6) is 0.416. The molecule has 1 amide bonds. The van der Waals surface area contributed by atoms with E-state index in [0.29, 0.717) is 16.5 Å². The lowest BCUT2D eigenvalue weighted by atomic mass is 9.83. The van der Waals surface area contributed by atoms with Crippen LogP contribution >= 0.6 is 27.3 Å². The van der Waals surface area contributed by atoms with Gasteiger partial charge in [0.1, 0.15) is 11.1 Å². The normalized spacial score (nSPS) is 17.6. The predicted octanol–water partition coefficient (Wildman–Crippen LogP) is 5.00. The fourth-order valence-electron chi connectivity index (χ4n) is 3.18. The van der Waals surface area contributed by atoms with Crippen molar-refractivity contribution in [2.45, 2.75) is 43.4 Å². The molecule has 1 aliphatic rings. The second kappa shape index (κ2) is 7.50. The molecule has 3 rings (SSSR count). The van der Waals surface area contributed by atoms with Gasteiger partial charge in [-0.25, -0.2) is 0 Å². The van der Waals surface area contributed by atoms with Gasteiger partial charge in [-0.05, 0) is 42.7 Å². The number of carbonyl (C=O) groups is 1. The van der Waals surface area contributed by atoms with E-state index in [1.807, 2.05) is 13.0 Å². The zero-order valence-electron chi connectivity index (χ0n) is 13.5. The van der Waals surface area contributed by atoms with E-state index in [-0.39, 0.29) is 10.7 Å². The first-order valence-corrected chi connectivity index (χ1v) is 9.91. The van der Waals surface area contributed by atoms with Crippen LogP contribution in [-0.2, 0) is 17.6 Å². The fourth-order valence-corrected chi connectivity index (χ4v) is 4.57. The number of nitrogens with zero attached hydrogens (tertiary/aromatic N) is 1. The SMILES string of the molecule is CC[C@@H](Br)C(=O)Nc1sc2c(c1C#N)CC[C@@H](c1ccccc1)C2. The van der Waals surface area contributed by atoms with Crippen molar-refractivity contribution in [1.82, 2.24) is 0 Å². The summed E-state index contributed by atoms with van der Waals surface area (Å²) in [6, 6.07) is 12.8. The Morgan fingerprint density at radius 2 is 2.21 bits per heavy atom. The highest BCUT2D eigenvalue weighted by Crippen LogP contribution is 2.42. The Labute approximate surface area is 154 Å². The van der Waals surface area contributed by atoms with Gasteiger partial charge < -0.3 is 5.32 Å². The third kappa shape index (κ3) is 3.40. The molecule has 0 spiro atoms. The first kappa shape index (κ1) is 17.2. The topological polar surface area (TPSA) is 52.9 Å². The number of nitriles is 1. The summed E-state index contributed by atoms with van der Waals surface area (Å²) < 4.78 is 0. The van der Waals surface area contributed by atoms with E-state index >= 15 is 0 Å². The van der Waals surface area contributed by atoms with E-state index < -0.39 is 0 Å². The number of anilines is 1. The van der Waals surface area contributed by atoms with Gasteiger partial charge in [0.2, 0.25) is 5.91 Å². The highest BCUT2D eigenvalue weighted by Gasteiger charge is 2.27. The van der Waals surface area contributed by atoms with Crippen LogP contribution < -0.4 is 5.32 Å². The van der Waals surface area contributed by atoms with Gasteiger partial charge in [0.05, 0.1) is 10.4 Å². The minimum Gasteiger partial charge on any atom is -0.316 e. The molecule has 1 aromatic heterocycles. The zero-order chi connectivity index (χ0) is 17.1. The van der Waals surface area contributed by atoms with Crippen molar-refractivity contribution >= 4 is 38.2 Å². The summed E-state index contributed by atoms with van der Waals surface area (Å²) >= 11 is 4.93. The van der Waals surface area contributed by atoms with Crippen LogP contribution in [0.3, 0.4) is 0 Å². The summed E-state index contributed by atoms with van der Waals surface area (Å²) in [5.41, 5.74) is 3.14. The van der Waals surface area contributed by atoms with Crippen molar-refractivity contribution in [3.63, 3.8) is 0 Å². The number of benzene rings is 1. The molecular formula is C19H19BrN2OS. The third-order valence-electron chi connectivity index (χ3n) is 4.53. The van der Waals surface area contributed by atoms with Gasteiger partial charge in [-0.1, -0.05) is 53.2 Å². The molecule has 0 unspecified atom stereocenters. The number of nitrogens with one attached hydrogen (secondary N) is 1. The quantitative estimate of drug-likeness (QED) is 0.730. The molecule has 24 heavy (non-hydrogen) atoms. The van der Waals surface area contributed by atoms with Crippen LogP contribution in [0.15, 0.2) is 30.3 Å². The van der Waals surface area contributed by atoms with Gasteiger partial charge in [0.15, 0.2) is 0 Å². The molecule has 5 heteroatoms. The molecule has 0 saturated carbocycles. The van der Waals surface area contributed by atoms with Crippen molar-refractivity contribution in [3.05, 3.63) is 51.9 Å². The van der Waals surface area contributed by atoms with Crippen molar-refractivity contribution in [1.29, 1.82) is 5.26 Å². The molecule has 2 aromatic rings. The molecule has 2 atom stereocenters. The minimum atomic E-state index is -0.222. The number of rotatable bonds is 4. The molecule has 0 saturated heterocycles. The van der Waals surface area contributed by atoms with Gasteiger partial charge in [-0.2, -0.15) is 5.26 Å². The summed E-state index contributed by atoms with van der Waals surface area (Å²) in [6.45, 7) is 1.95. The Balaban J connectivity index is 1.85. The second-order valence-electron chi connectivity index (χ2n) is 6.04. The number of halogens is 1. The highest BCUT2D eigenvalue weighted by atomic mass is 79.9. The predicted molar refractivity (Wildman–Crippen MR) is 102 cm³/mol. The molecule has 1 heterocycles. The van der Waals surface area contributed by atoms with Gasteiger partial charge in [-0.15, -0.1) is 11.3 Å². The maximum absolute atomic E-state index is 12.1. The molecule has 1 aromatic carbocycles. The van der Waals surface area contributed by atoms with Crippen LogP contribution in [0.1, 0.15) is 47.3 Å². The average molecular weight is 403 g/mol. The number of amides is 1. The summed E-state index contributed by atoms with van der Waals surface area (Å²) in [6.07, 6.45) is 3.61. The first-order chi connectivity index (χ1) is 11.6. The number of carbonyl (C=O) groups excluding carboxylic acids is 1. The van der Waals surface area contributed by atoms with Crippen LogP contribution in [0.4, 0.5) is 5.00 Å². The van der Waals surface area contributed by atoms with Crippen LogP contribution in [0.2, 0.25) is 0 Å². The zero-order valence-corrected chi connectivity index (χ0v) is 15.9. The van der Waals surface area contributed by atoms with E-state index in [0.717, 1.165) is 31.2 Å². The van der Waals surface area contributed by atoms with Crippen LogP contribution in [0, 0.1) is 11.3 Å². The average Bonchev–Trinajstić information content (AvgIpc) is 2.97. The molecular weight excluding hydrogens is 384 g/mol. The molecule has 0 bridgehead atoms. The first-order valence-electron chi connectivity index (χ1n) is 8.18. The standard InChI is InChI=1S/C19H19BrN2OS/c1-2-16(20)18(23)22-19-15(11-21)14-9-8-13(10-17(14)24-19)12-6-4-3-5-7-12/h3-7,13,16H,2,8-10H2,1H3,(H,22,23)/t13-,16-/m1/s1. The van der Waals surface area contributed by atoms with Crippen molar-refractivity contribution < 1.29 is 4.79 Å². The molecule has 0 radical (unpaired) electrons. The van der Waals surface area contributed by atoms with E-state index in [1.54, 1.807) is 11.3 Å². The number of hydrogen-bond acceptors (Lipinski definition) is 3. The van der Waals surface area contributed by atoms with Crippen LogP contribution in [-0.4, -0.2) is 10.7 Å². The summed E-state index contributed by atoms with van der Waals surface area (Å²) in [5, 5.41) is 13.2. The summed E-state index contributed by atoms with van der Waals surface area (Å²) in [7, 11) is 0. The number of fused-ring (bicyclic) bond motifs is 1. The second-order valence-corrected chi connectivity index (χ2v) is 8.25. The van der Waals surface area contributed by atoms with Crippen molar-refractivity contribution in [3.8, 4) is 6.07 Å². The molecule has 0 aliphatic heterocycles. The van der Waals surface area contributed by atoms with Gasteiger partial charge >= 0.3 is 0 Å². The Morgan fingerprint density at radius 1 is 1.46 bits per heavy atom. The van der Waals surface area contributed by atoms with Crippen molar-refractivity contribution in [2.24, 2.45) is 0 Å². The lowest BCUT2D eigenvalue weighted by molar-refractivity contribution is -0.115. The van der Waals surface area contributed by atoms with Crippen molar-refractivity contribution in [2.75, 3.05) is 5.32 Å². The monoisotopic (exact) mass is 402 g/mol. The Morgan fingerprint density at radius 3 is 2.88 bits per heavy atom. The highest BCUT2D eigenvalue weighted by molar-refractivity contribution is 9.10. The smallest absolute Gasteiger partial charge is 0.238 e. The maximum atomic E-state index is 12.1. The van der Waals surface area contributed by atoms with E-state index in [2.05, 4.69) is 51.6 Å². The largest absolute Gasteiger partial charge is 0.316 e. The van der Waals surface area contributed by atoms with Gasteiger partial charge in [0.25, 0.3) is 0 Å². The van der Waals surface area contributed by atoms with Crippen LogP contribution in [0.5, 0.6) is 0 Å².